The van der Waals surface area contributed by atoms with Crippen LogP contribution in [0.2, 0.25) is 0 Å². The van der Waals surface area contributed by atoms with Crippen molar-refractivity contribution in [1.82, 2.24) is 4.83 Å². The molecule has 0 aliphatic heterocycles. The van der Waals surface area contributed by atoms with E-state index >= 15 is 0 Å². The highest BCUT2D eigenvalue weighted by atomic mass is 79.9. The monoisotopic (exact) mass is 492 g/mol. The van der Waals surface area contributed by atoms with E-state index in [9.17, 15) is 12.8 Å². The molecule has 0 aliphatic carbocycles. The lowest BCUT2D eigenvalue weighted by Crippen LogP contribution is -2.18. The first-order chi connectivity index (χ1) is 14.4. The molecule has 0 radical (unpaired) electrons. The lowest BCUT2D eigenvalue weighted by atomic mass is 10.2. The van der Waals surface area contributed by atoms with Crippen LogP contribution in [0.5, 0.6) is 11.5 Å². The van der Waals surface area contributed by atoms with Crippen LogP contribution in [0.3, 0.4) is 0 Å². The van der Waals surface area contributed by atoms with Crippen molar-refractivity contribution >= 4 is 32.2 Å². The Labute approximate surface area is 182 Å². The van der Waals surface area contributed by atoms with Gasteiger partial charge in [-0.1, -0.05) is 36.4 Å². The van der Waals surface area contributed by atoms with Gasteiger partial charge in [-0.2, -0.15) is 13.5 Å². The third kappa shape index (κ3) is 5.37. The summed E-state index contributed by atoms with van der Waals surface area (Å²) in [7, 11) is -2.29. The number of hydrogen-bond donors (Lipinski definition) is 1. The molecule has 6 nitrogen and oxygen atoms in total. The average molecular weight is 493 g/mol. The summed E-state index contributed by atoms with van der Waals surface area (Å²) < 4.78 is 49.8. The van der Waals surface area contributed by atoms with Gasteiger partial charge in [0.05, 0.1) is 22.7 Å². The third-order valence-corrected chi connectivity index (χ3v) is 5.85. The number of ether oxygens (including phenoxy) is 2. The van der Waals surface area contributed by atoms with Gasteiger partial charge in [0.1, 0.15) is 12.4 Å². The normalized spacial score (nSPS) is 11.4. The molecule has 0 spiro atoms. The highest BCUT2D eigenvalue weighted by Crippen LogP contribution is 2.37. The molecule has 9 heteroatoms. The second-order valence-corrected chi connectivity index (χ2v) is 8.60. The van der Waals surface area contributed by atoms with Crippen LogP contribution in [-0.2, 0) is 16.6 Å². The van der Waals surface area contributed by atoms with Crippen LogP contribution < -0.4 is 14.3 Å². The Morgan fingerprint density at radius 2 is 1.80 bits per heavy atom. The van der Waals surface area contributed by atoms with Crippen molar-refractivity contribution in [2.75, 3.05) is 7.11 Å². The van der Waals surface area contributed by atoms with E-state index in [-0.39, 0.29) is 17.3 Å². The van der Waals surface area contributed by atoms with Crippen molar-refractivity contribution in [2.24, 2.45) is 5.10 Å². The molecular weight excluding hydrogens is 475 g/mol. The zero-order valence-electron chi connectivity index (χ0n) is 15.9. The number of benzene rings is 3. The average Bonchev–Trinajstić information content (AvgIpc) is 2.74. The molecule has 0 heterocycles. The molecule has 0 aromatic heterocycles. The minimum atomic E-state index is -3.76. The predicted octanol–water partition coefficient (Wildman–Crippen LogP) is 4.49. The molecule has 0 amide bonds. The van der Waals surface area contributed by atoms with Crippen molar-refractivity contribution in [3.8, 4) is 11.5 Å². The van der Waals surface area contributed by atoms with Crippen LogP contribution in [0.4, 0.5) is 4.39 Å². The zero-order chi connectivity index (χ0) is 21.6. The summed E-state index contributed by atoms with van der Waals surface area (Å²) in [6, 6.07) is 17.6. The molecule has 30 heavy (non-hydrogen) atoms. The Hall–Kier alpha value is -2.91. The minimum Gasteiger partial charge on any atom is -0.493 e. The van der Waals surface area contributed by atoms with Gasteiger partial charge in [-0.25, -0.2) is 9.22 Å². The summed E-state index contributed by atoms with van der Waals surface area (Å²) in [5, 5.41) is 3.81. The van der Waals surface area contributed by atoms with Gasteiger partial charge in [0, 0.05) is 5.56 Å². The summed E-state index contributed by atoms with van der Waals surface area (Å²) in [6.07, 6.45) is 1.34. The van der Waals surface area contributed by atoms with E-state index in [1.165, 1.54) is 31.5 Å². The second-order valence-electron chi connectivity index (χ2n) is 6.08. The molecule has 0 atom stereocenters. The van der Waals surface area contributed by atoms with Crippen LogP contribution in [0.1, 0.15) is 11.1 Å². The summed E-state index contributed by atoms with van der Waals surface area (Å²) >= 11 is 3.40. The van der Waals surface area contributed by atoms with Crippen molar-refractivity contribution in [3.63, 3.8) is 0 Å². The Morgan fingerprint density at radius 3 is 2.50 bits per heavy atom. The molecule has 0 fully saturated rings. The van der Waals surface area contributed by atoms with Gasteiger partial charge in [0.2, 0.25) is 0 Å². The quantitative estimate of drug-likeness (QED) is 0.371. The number of rotatable bonds is 8. The maximum Gasteiger partial charge on any atom is 0.276 e. The number of sulfonamides is 1. The second kappa shape index (κ2) is 9.73. The van der Waals surface area contributed by atoms with Gasteiger partial charge < -0.3 is 9.47 Å². The van der Waals surface area contributed by atoms with Gasteiger partial charge in [-0.3, -0.25) is 0 Å². The van der Waals surface area contributed by atoms with E-state index in [4.69, 9.17) is 9.47 Å². The van der Waals surface area contributed by atoms with Gasteiger partial charge in [0.25, 0.3) is 10.0 Å². The summed E-state index contributed by atoms with van der Waals surface area (Å²) in [6.45, 7) is 0.0198. The summed E-state index contributed by atoms with van der Waals surface area (Å²) in [5.74, 6) is 0.415. The van der Waals surface area contributed by atoms with E-state index < -0.39 is 10.0 Å². The highest BCUT2D eigenvalue weighted by molar-refractivity contribution is 9.10. The number of halogens is 2. The fourth-order valence-corrected chi connectivity index (χ4v) is 3.93. The van der Waals surface area contributed by atoms with Crippen molar-refractivity contribution in [2.45, 2.75) is 11.5 Å². The van der Waals surface area contributed by atoms with Crippen LogP contribution in [0.25, 0.3) is 0 Å². The van der Waals surface area contributed by atoms with Gasteiger partial charge in [0.15, 0.2) is 11.5 Å². The summed E-state index contributed by atoms with van der Waals surface area (Å²) in [5.41, 5.74) is 0.972. The Bertz CT molecular complexity index is 1150. The third-order valence-electron chi connectivity index (χ3n) is 4.02. The Balaban J connectivity index is 1.75. The molecule has 3 aromatic rings. The Kier molecular flexibility index (Phi) is 7.07. The Morgan fingerprint density at radius 1 is 1.10 bits per heavy atom. The minimum absolute atomic E-state index is 0.0198. The number of methoxy groups -OCH3 is 1. The topological polar surface area (TPSA) is 77.0 Å². The van der Waals surface area contributed by atoms with Crippen molar-refractivity contribution < 1.29 is 22.3 Å². The molecule has 156 valence electrons. The first-order valence-corrected chi connectivity index (χ1v) is 11.0. The number of hydrazone groups is 1. The summed E-state index contributed by atoms with van der Waals surface area (Å²) in [4.78, 5) is 2.27. The van der Waals surface area contributed by atoms with E-state index in [1.54, 1.807) is 48.5 Å². The van der Waals surface area contributed by atoms with Gasteiger partial charge >= 0.3 is 0 Å². The van der Waals surface area contributed by atoms with E-state index in [1.807, 2.05) is 0 Å². The molecule has 0 unspecified atom stereocenters. The van der Waals surface area contributed by atoms with Crippen LogP contribution in [0.15, 0.2) is 81.2 Å². The number of hydrogen-bond acceptors (Lipinski definition) is 5. The van der Waals surface area contributed by atoms with Crippen molar-refractivity contribution in [1.29, 1.82) is 0 Å². The molecule has 3 aromatic carbocycles. The maximum absolute atomic E-state index is 13.8. The number of nitrogens with zero attached hydrogens (tertiary/aromatic N) is 1. The molecular formula is C21H18BrFN2O4S. The molecule has 0 bridgehead atoms. The maximum atomic E-state index is 13.8. The SMILES string of the molecule is COc1cc(/C=N\NS(=O)(=O)c2ccccc2)cc(Br)c1OCc1ccccc1F. The first kappa shape index (κ1) is 21.8. The molecule has 3 rings (SSSR count). The van der Waals surface area contributed by atoms with E-state index in [0.29, 0.717) is 27.1 Å². The zero-order valence-corrected chi connectivity index (χ0v) is 18.3. The molecule has 0 saturated carbocycles. The van der Waals surface area contributed by atoms with E-state index in [0.717, 1.165) is 0 Å². The smallest absolute Gasteiger partial charge is 0.276 e. The highest BCUT2D eigenvalue weighted by Gasteiger charge is 2.14. The molecule has 1 N–H and O–H groups in total. The first-order valence-electron chi connectivity index (χ1n) is 8.74. The van der Waals surface area contributed by atoms with E-state index in [2.05, 4.69) is 25.9 Å². The van der Waals surface area contributed by atoms with Crippen LogP contribution >= 0.6 is 15.9 Å². The fourth-order valence-electron chi connectivity index (χ4n) is 2.54. The molecule has 0 aliphatic rings. The van der Waals surface area contributed by atoms with Gasteiger partial charge in [-0.15, -0.1) is 0 Å². The lowest BCUT2D eigenvalue weighted by molar-refractivity contribution is 0.278. The molecule has 0 saturated heterocycles. The van der Waals surface area contributed by atoms with Crippen LogP contribution in [0, 0.1) is 5.82 Å². The lowest BCUT2D eigenvalue weighted by Gasteiger charge is -2.14. The van der Waals surface area contributed by atoms with Crippen molar-refractivity contribution in [3.05, 3.63) is 88.1 Å². The standard InChI is InChI=1S/C21H18BrFN2O4S/c1-28-20-12-15(13-24-25-30(26,27)17-8-3-2-4-9-17)11-18(22)21(20)29-14-16-7-5-6-10-19(16)23/h2-13,25H,14H2,1H3/b24-13-. The van der Waals surface area contributed by atoms with Gasteiger partial charge in [-0.05, 0) is 51.8 Å². The predicted molar refractivity (Wildman–Crippen MR) is 116 cm³/mol. The fraction of sp³-hybridized carbons (Fsp3) is 0.0952. The largest absolute Gasteiger partial charge is 0.493 e. The van der Waals surface area contributed by atoms with Crippen LogP contribution in [-0.4, -0.2) is 21.7 Å². The number of nitrogens with one attached hydrogen (secondary N) is 1.